The lowest BCUT2D eigenvalue weighted by Crippen LogP contribution is -2.32. The van der Waals surface area contributed by atoms with E-state index in [1.807, 2.05) is 44.2 Å². The van der Waals surface area contributed by atoms with Crippen LogP contribution in [-0.2, 0) is 0 Å². The van der Waals surface area contributed by atoms with Crippen molar-refractivity contribution < 1.29 is 19.7 Å². The number of phenolic OH excluding ortho intramolecular Hbond substituents is 1. The maximum atomic E-state index is 13.1. The van der Waals surface area contributed by atoms with E-state index in [1.165, 1.54) is 0 Å². The molecule has 0 unspecified atom stereocenters. The van der Waals surface area contributed by atoms with Gasteiger partial charge in [-0.1, -0.05) is 25.1 Å². The van der Waals surface area contributed by atoms with E-state index < -0.39 is 6.04 Å². The summed E-state index contributed by atoms with van der Waals surface area (Å²) in [5.74, 6) is 0.675. The highest BCUT2D eigenvalue weighted by Crippen LogP contribution is 2.45. The monoisotopic (exact) mass is 421 g/mol. The number of rotatable bonds is 7. The highest BCUT2D eigenvalue weighted by Gasteiger charge is 2.42. The molecule has 1 aliphatic rings. The smallest absolute Gasteiger partial charge is 0.273 e. The second-order valence-electron chi connectivity index (χ2n) is 7.88. The minimum Gasteiger partial charge on any atom is -0.507 e. The molecule has 3 aromatic rings. The van der Waals surface area contributed by atoms with Crippen LogP contribution in [0.25, 0.3) is 11.3 Å². The van der Waals surface area contributed by atoms with Crippen molar-refractivity contribution in [2.24, 2.45) is 0 Å². The van der Waals surface area contributed by atoms with Crippen LogP contribution in [0.5, 0.6) is 11.5 Å². The van der Waals surface area contributed by atoms with Gasteiger partial charge >= 0.3 is 0 Å². The molecule has 0 bridgehead atoms. The van der Waals surface area contributed by atoms with Crippen molar-refractivity contribution in [3.05, 3.63) is 64.3 Å². The number of hydrogen-bond acceptors (Lipinski definition) is 5. The summed E-state index contributed by atoms with van der Waals surface area (Å²) < 4.78 is 5.69. The lowest BCUT2D eigenvalue weighted by molar-refractivity contribution is 0.0706. The highest BCUT2D eigenvalue weighted by atomic mass is 16.5. The predicted octanol–water partition coefficient (Wildman–Crippen LogP) is 3.73. The average Bonchev–Trinajstić information content (AvgIpc) is 3.26. The molecule has 0 aliphatic carbocycles. The third kappa shape index (κ3) is 3.65. The van der Waals surface area contributed by atoms with Crippen LogP contribution in [0.1, 0.15) is 52.1 Å². The van der Waals surface area contributed by atoms with Crippen molar-refractivity contribution in [3.8, 4) is 22.8 Å². The summed E-state index contributed by atoms with van der Waals surface area (Å²) in [5.41, 5.74) is 4.97. The molecular weight excluding hydrogens is 394 g/mol. The van der Waals surface area contributed by atoms with Crippen molar-refractivity contribution in [1.82, 2.24) is 15.1 Å². The third-order valence-electron chi connectivity index (χ3n) is 5.57. The van der Waals surface area contributed by atoms with E-state index in [0.717, 1.165) is 28.9 Å². The van der Waals surface area contributed by atoms with E-state index in [9.17, 15) is 15.0 Å². The fraction of sp³-hybridized carbons (Fsp3) is 0.333. The second kappa shape index (κ2) is 8.43. The van der Waals surface area contributed by atoms with Crippen LogP contribution in [0.2, 0.25) is 0 Å². The van der Waals surface area contributed by atoms with Crippen LogP contribution in [0.3, 0.4) is 0 Å². The number of carbonyl (C=O) groups is 1. The average molecular weight is 421 g/mol. The fourth-order valence-electron chi connectivity index (χ4n) is 4.29. The van der Waals surface area contributed by atoms with Gasteiger partial charge in [-0.25, -0.2) is 0 Å². The number of β-amino-alcohol motifs (C(OH)–C–C–N with tert-alkyl or cyclic N) is 1. The maximum Gasteiger partial charge on any atom is 0.273 e. The van der Waals surface area contributed by atoms with Crippen molar-refractivity contribution in [2.45, 2.75) is 33.2 Å². The number of benzene rings is 2. The molecule has 0 spiro atoms. The number of aliphatic hydroxyl groups is 1. The number of ether oxygens (including phenoxy) is 1. The van der Waals surface area contributed by atoms with Gasteiger partial charge in [-0.2, -0.15) is 5.10 Å². The maximum absolute atomic E-state index is 13.1. The Bertz CT molecular complexity index is 1080. The molecule has 1 aliphatic heterocycles. The van der Waals surface area contributed by atoms with Gasteiger partial charge in [-0.05, 0) is 55.2 Å². The standard InChI is InChI=1S/C24H27N3O4/c1-4-11-31-17-7-5-16(6-8-17)23-20-21(19-15(3)12-14(2)13-18(19)29)25-26-22(20)24(30)27(23)9-10-28/h5-8,12-13,23,28-29H,4,9-11H2,1-3H3,(H,25,26)/t23-/m0/s1. The molecular formula is C24H27N3O4. The number of hydrogen-bond donors (Lipinski definition) is 3. The number of H-pyrrole nitrogens is 1. The van der Waals surface area contributed by atoms with E-state index >= 15 is 0 Å². The van der Waals surface area contributed by atoms with Gasteiger partial charge in [0.15, 0.2) is 0 Å². The summed E-state index contributed by atoms with van der Waals surface area (Å²) in [7, 11) is 0. The minimum atomic E-state index is -0.427. The number of nitrogens with one attached hydrogen (secondary N) is 1. The third-order valence-corrected chi connectivity index (χ3v) is 5.57. The van der Waals surface area contributed by atoms with Crippen LogP contribution in [0.15, 0.2) is 36.4 Å². The summed E-state index contributed by atoms with van der Waals surface area (Å²) in [6.07, 6.45) is 0.921. The Balaban J connectivity index is 1.84. The Kier molecular flexibility index (Phi) is 5.69. The largest absolute Gasteiger partial charge is 0.507 e. The van der Waals surface area contributed by atoms with Gasteiger partial charge in [0.2, 0.25) is 0 Å². The number of carbonyl (C=O) groups excluding carboxylic acids is 1. The number of aryl methyl sites for hydroxylation is 2. The number of amides is 1. The number of phenols is 1. The molecule has 1 atom stereocenters. The summed E-state index contributed by atoms with van der Waals surface area (Å²) in [4.78, 5) is 14.7. The summed E-state index contributed by atoms with van der Waals surface area (Å²) in [6.45, 7) is 6.57. The Morgan fingerprint density at radius 3 is 2.58 bits per heavy atom. The molecule has 0 saturated heterocycles. The van der Waals surface area contributed by atoms with Gasteiger partial charge in [0, 0.05) is 17.7 Å². The first kappa shape index (κ1) is 20.9. The van der Waals surface area contributed by atoms with Gasteiger partial charge in [0.1, 0.15) is 22.9 Å². The number of aromatic amines is 1. The molecule has 162 valence electrons. The molecule has 7 nitrogen and oxygen atoms in total. The van der Waals surface area contributed by atoms with Gasteiger partial charge in [0.05, 0.1) is 19.3 Å². The first-order valence-corrected chi connectivity index (χ1v) is 10.5. The molecule has 2 aromatic carbocycles. The summed E-state index contributed by atoms with van der Waals surface area (Å²) in [6, 6.07) is 10.9. The minimum absolute atomic E-state index is 0.127. The van der Waals surface area contributed by atoms with Crippen LogP contribution in [-0.4, -0.2) is 51.0 Å². The molecule has 1 amide bonds. The lowest BCUT2D eigenvalue weighted by Gasteiger charge is -2.26. The Morgan fingerprint density at radius 1 is 1.19 bits per heavy atom. The van der Waals surface area contributed by atoms with Crippen molar-refractivity contribution in [2.75, 3.05) is 19.8 Å². The number of aliphatic hydroxyl groups excluding tert-OH is 1. The molecule has 7 heteroatoms. The SMILES string of the molecule is CCCOc1ccc([C@H]2c3c(-c4c(C)cc(C)cc4O)n[nH]c3C(=O)N2CCO)cc1. The molecule has 3 N–H and O–H groups in total. The Hall–Kier alpha value is -3.32. The zero-order valence-electron chi connectivity index (χ0n) is 18.0. The molecule has 0 saturated carbocycles. The number of aromatic nitrogens is 2. The molecule has 4 rings (SSSR count). The Morgan fingerprint density at radius 2 is 1.94 bits per heavy atom. The first-order valence-electron chi connectivity index (χ1n) is 10.5. The van der Waals surface area contributed by atoms with Gasteiger partial charge in [-0.15, -0.1) is 0 Å². The van der Waals surface area contributed by atoms with E-state index in [4.69, 9.17) is 4.74 Å². The fourth-order valence-corrected chi connectivity index (χ4v) is 4.29. The zero-order valence-corrected chi connectivity index (χ0v) is 18.0. The second-order valence-corrected chi connectivity index (χ2v) is 7.88. The highest BCUT2D eigenvalue weighted by molar-refractivity contribution is 6.00. The molecule has 2 heterocycles. The number of aromatic hydroxyl groups is 1. The molecule has 0 radical (unpaired) electrons. The normalized spacial score (nSPS) is 15.4. The van der Waals surface area contributed by atoms with Crippen molar-refractivity contribution >= 4 is 5.91 Å². The van der Waals surface area contributed by atoms with Gasteiger partial charge < -0.3 is 19.8 Å². The predicted molar refractivity (Wildman–Crippen MR) is 117 cm³/mol. The van der Waals surface area contributed by atoms with Crippen molar-refractivity contribution in [1.29, 1.82) is 0 Å². The molecule has 0 fully saturated rings. The van der Waals surface area contributed by atoms with Crippen LogP contribution < -0.4 is 4.74 Å². The van der Waals surface area contributed by atoms with Gasteiger partial charge in [-0.3, -0.25) is 9.89 Å². The first-order chi connectivity index (χ1) is 15.0. The molecule has 1 aromatic heterocycles. The Labute approximate surface area is 181 Å². The van der Waals surface area contributed by atoms with Crippen LogP contribution >= 0.6 is 0 Å². The molecule has 31 heavy (non-hydrogen) atoms. The van der Waals surface area contributed by atoms with E-state index in [-0.39, 0.29) is 24.8 Å². The van der Waals surface area contributed by atoms with E-state index in [2.05, 4.69) is 17.1 Å². The number of nitrogens with zero attached hydrogens (tertiary/aromatic N) is 2. The van der Waals surface area contributed by atoms with Crippen LogP contribution in [0, 0.1) is 13.8 Å². The number of fused-ring (bicyclic) bond motifs is 1. The topological polar surface area (TPSA) is 98.7 Å². The zero-order chi connectivity index (χ0) is 22.1. The van der Waals surface area contributed by atoms with Gasteiger partial charge in [0.25, 0.3) is 5.91 Å². The van der Waals surface area contributed by atoms with Crippen LogP contribution in [0.4, 0.5) is 0 Å². The van der Waals surface area contributed by atoms with E-state index in [1.54, 1.807) is 11.0 Å². The lowest BCUT2D eigenvalue weighted by atomic mass is 9.93. The van der Waals surface area contributed by atoms with Crippen molar-refractivity contribution in [3.63, 3.8) is 0 Å². The summed E-state index contributed by atoms with van der Waals surface area (Å²) >= 11 is 0. The quantitative estimate of drug-likeness (QED) is 0.540. The van der Waals surface area contributed by atoms with E-state index in [0.29, 0.717) is 29.1 Å². The summed E-state index contributed by atoms with van der Waals surface area (Å²) in [5, 5.41) is 27.6.